The largest absolute Gasteiger partial charge is 0.290 e. The van der Waals surface area contributed by atoms with E-state index in [2.05, 4.69) is 10.1 Å². The minimum atomic E-state index is -3.66. The van der Waals surface area contributed by atoms with E-state index >= 15 is 0 Å². The molecule has 148 valence electrons. The van der Waals surface area contributed by atoms with Gasteiger partial charge in [0.25, 0.3) is 5.56 Å². The minimum absolute atomic E-state index is 0.239. The third-order valence-corrected chi connectivity index (χ3v) is 5.58. The summed E-state index contributed by atoms with van der Waals surface area (Å²) in [5, 5.41) is 9.33. The third-order valence-electron chi connectivity index (χ3n) is 4.59. The van der Waals surface area contributed by atoms with Crippen molar-refractivity contribution >= 4 is 32.5 Å². The number of rotatable bonds is 4. The van der Waals surface area contributed by atoms with Crippen molar-refractivity contribution in [2.24, 2.45) is 5.14 Å². The monoisotopic (exact) mass is 428 g/mol. The molecule has 0 amide bonds. The van der Waals surface area contributed by atoms with Crippen LogP contribution in [-0.4, -0.2) is 23.2 Å². The molecule has 0 atom stereocenters. The van der Waals surface area contributed by atoms with Gasteiger partial charge < -0.3 is 0 Å². The molecule has 0 aliphatic carbocycles. The van der Waals surface area contributed by atoms with Crippen molar-refractivity contribution in [2.45, 2.75) is 12.7 Å². The average Bonchev–Trinajstić information content (AvgIpc) is 2.97. The molecule has 2 heterocycles. The van der Waals surface area contributed by atoms with Crippen molar-refractivity contribution in [1.82, 2.24) is 14.8 Å². The molecule has 0 saturated heterocycles. The fourth-order valence-corrected chi connectivity index (χ4v) is 4.11. The van der Waals surface area contributed by atoms with Crippen LogP contribution in [0.4, 0.5) is 0 Å². The Kier molecular flexibility index (Phi) is 4.77. The first-order valence-corrected chi connectivity index (χ1v) is 10.8. The number of aromatic amines is 1. The number of sulfonamides is 1. The summed E-state index contributed by atoms with van der Waals surface area (Å²) in [4.78, 5) is 17.3. The molecule has 2 aromatic heterocycles. The summed E-state index contributed by atoms with van der Waals surface area (Å²) >= 11 is 5.94. The molecule has 0 fully saturated rings. The molecule has 4 rings (SSSR count). The Morgan fingerprint density at radius 3 is 2.59 bits per heavy atom. The van der Waals surface area contributed by atoms with Crippen molar-refractivity contribution in [2.75, 3.05) is 0 Å². The summed E-state index contributed by atoms with van der Waals surface area (Å²) in [6.45, 7) is 1.83. The molecule has 2 aromatic carbocycles. The maximum atomic E-state index is 12.9. The Morgan fingerprint density at radius 2 is 1.90 bits per heavy atom. The molecule has 0 aliphatic heterocycles. The molecule has 0 bridgehead atoms. The van der Waals surface area contributed by atoms with E-state index in [-0.39, 0.29) is 11.3 Å². The van der Waals surface area contributed by atoms with E-state index in [0.29, 0.717) is 32.9 Å². The van der Waals surface area contributed by atoms with Gasteiger partial charge in [0.2, 0.25) is 10.0 Å². The van der Waals surface area contributed by atoms with Crippen molar-refractivity contribution < 1.29 is 8.42 Å². The van der Waals surface area contributed by atoms with Gasteiger partial charge in [-0.3, -0.25) is 14.9 Å². The average molecular weight is 429 g/mol. The molecule has 7 nitrogen and oxygen atoms in total. The number of aromatic nitrogens is 3. The standard InChI is InChI=1S/C20H17ClN4O3S/c1-12-18(14-4-2-3-13(9-14)11-29(22,27)28)19-17(10-23-12)20(26)25(24-19)16-7-5-15(21)6-8-16/h2-10,24H,11H2,1H3,(H2,22,27,28). The van der Waals surface area contributed by atoms with Crippen LogP contribution in [0.15, 0.2) is 59.5 Å². The predicted octanol–water partition coefficient (Wildman–Crippen LogP) is 3.13. The van der Waals surface area contributed by atoms with Crippen LogP contribution >= 0.6 is 11.6 Å². The van der Waals surface area contributed by atoms with Crippen LogP contribution in [0.1, 0.15) is 11.3 Å². The molecule has 3 N–H and O–H groups in total. The van der Waals surface area contributed by atoms with Gasteiger partial charge >= 0.3 is 0 Å². The second-order valence-electron chi connectivity index (χ2n) is 6.74. The van der Waals surface area contributed by atoms with Gasteiger partial charge in [0.15, 0.2) is 0 Å². The lowest BCUT2D eigenvalue weighted by Crippen LogP contribution is -2.14. The van der Waals surface area contributed by atoms with Crippen LogP contribution in [0.25, 0.3) is 27.7 Å². The maximum Gasteiger partial charge on any atom is 0.280 e. The third kappa shape index (κ3) is 3.82. The number of hydrogen-bond donors (Lipinski definition) is 2. The number of aryl methyl sites for hydroxylation is 1. The summed E-state index contributed by atoms with van der Waals surface area (Å²) in [6.07, 6.45) is 1.54. The molecule has 0 unspecified atom stereocenters. The highest BCUT2D eigenvalue weighted by molar-refractivity contribution is 7.88. The summed E-state index contributed by atoms with van der Waals surface area (Å²) in [6, 6.07) is 13.9. The van der Waals surface area contributed by atoms with Crippen LogP contribution in [-0.2, 0) is 15.8 Å². The van der Waals surface area contributed by atoms with E-state index in [1.165, 1.54) is 10.9 Å². The van der Waals surface area contributed by atoms with Gasteiger partial charge in [-0.1, -0.05) is 29.8 Å². The SMILES string of the molecule is Cc1ncc2c(=O)n(-c3ccc(Cl)cc3)[nH]c2c1-c1cccc(CS(N)(=O)=O)c1. The number of halogens is 1. The molecular weight excluding hydrogens is 412 g/mol. The normalized spacial score (nSPS) is 11.8. The van der Waals surface area contributed by atoms with Gasteiger partial charge in [-0.25, -0.2) is 18.2 Å². The lowest BCUT2D eigenvalue weighted by atomic mass is 10.0. The zero-order chi connectivity index (χ0) is 20.8. The second-order valence-corrected chi connectivity index (χ2v) is 8.79. The van der Waals surface area contributed by atoms with E-state index in [1.54, 1.807) is 42.5 Å². The van der Waals surface area contributed by atoms with Gasteiger partial charge in [-0.15, -0.1) is 0 Å². The fraction of sp³-hybridized carbons (Fsp3) is 0.100. The quantitative estimate of drug-likeness (QED) is 0.520. The number of primary sulfonamides is 1. The summed E-state index contributed by atoms with van der Waals surface area (Å²) < 4.78 is 24.4. The van der Waals surface area contributed by atoms with Crippen molar-refractivity contribution in [1.29, 1.82) is 0 Å². The molecule has 0 aliphatic rings. The summed E-state index contributed by atoms with van der Waals surface area (Å²) in [5.74, 6) is -0.272. The number of nitrogens with two attached hydrogens (primary N) is 1. The Bertz CT molecular complexity index is 1390. The number of H-pyrrole nitrogens is 1. The zero-order valence-electron chi connectivity index (χ0n) is 15.4. The van der Waals surface area contributed by atoms with E-state index < -0.39 is 10.0 Å². The minimum Gasteiger partial charge on any atom is -0.290 e. The number of benzene rings is 2. The lowest BCUT2D eigenvalue weighted by molar-refractivity contribution is 0.597. The smallest absolute Gasteiger partial charge is 0.280 e. The molecule has 0 radical (unpaired) electrons. The molecule has 29 heavy (non-hydrogen) atoms. The van der Waals surface area contributed by atoms with Crippen LogP contribution in [0.2, 0.25) is 5.02 Å². The number of nitrogens with zero attached hydrogens (tertiary/aromatic N) is 2. The fourth-order valence-electron chi connectivity index (χ4n) is 3.34. The van der Waals surface area contributed by atoms with E-state index in [9.17, 15) is 13.2 Å². The summed E-state index contributed by atoms with van der Waals surface area (Å²) in [7, 11) is -3.66. The van der Waals surface area contributed by atoms with E-state index in [0.717, 1.165) is 11.1 Å². The van der Waals surface area contributed by atoms with Crippen LogP contribution < -0.4 is 10.7 Å². The topological polar surface area (TPSA) is 111 Å². The van der Waals surface area contributed by atoms with Crippen LogP contribution in [0, 0.1) is 6.92 Å². The Morgan fingerprint density at radius 1 is 1.17 bits per heavy atom. The number of fused-ring (bicyclic) bond motifs is 1. The second kappa shape index (κ2) is 7.14. The molecule has 9 heteroatoms. The zero-order valence-corrected chi connectivity index (χ0v) is 17.0. The predicted molar refractivity (Wildman–Crippen MR) is 114 cm³/mol. The van der Waals surface area contributed by atoms with Crippen molar-refractivity contribution in [3.63, 3.8) is 0 Å². The molecule has 0 saturated carbocycles. The van der Waals surface area contributed by atoms with Gasteiger partial charge in [0.1, 0.15) is 0 Å². The van der Waals surface area contributed by atoms with E-state index in [1.807, 2.05) is 13.0 Å². The molecule has 0 spiro atoms. The molecule has 4 aromatic rings. The lowest BCUT2D eigenvalue weighted by Gasteiger charge is -2.09. The summed E-state index contributed by atoms with van der Waals surface area (Å²) in [5.41, 5.74) is 3.75. The highest BCUT2D eigenvalue weighted by Crippen LogP contribution is 2.29. The highest BCUT2D eigenvalue weighted by Gasteiger charge is 2.17. The molecular formula is C20H17ClN4O3S. The Hall–Kier alpha value is -2.94. The van der Waals surface area contributed by atoms with Crippen molar-refractivity contribution in [3.05, 3.63) is 81.4 Å². The number of pyridine rings is 1. The highest BCUT2D eigenvalue weighted by atomic mass is 35.5. The van der Waals surface area contributed by atoms with Crippen LogP contribution in [0.5, 0.6) is 0 Å². The Balaban J connectivity index is 1.93. The first-order chi connectivity index (χ1) is 13.7. The van der Waals surface area contributed by atoms with Gasteiger partial charge in [-0.2, -0.15) is 0 Å². The maximum absolute atomic E-state index is 12.9. The first-order valence-electron chi connectivity index (χ1n) is 8.69. The van der Waals surface area contributed by atoms with Gasteiger partial charge in [0, 0.05) is 22.5 Å². The van der Waals surface area contributed by atoms with Gasteiger partial charge in [-0.05, 0) is 48.4 Å². The Labute approximate surface area is 171 Å². The van der Waals surface area contributed by atoms with E-state index in [4.69, 9.17) is 16.7 Å². The van der Waals surface area contributed by atoms with Crippen molar-refractivity contribution in [3.8, 4) is 16.8 Å². The number of nitrogens with one attached hydrogen (secondary N) is 1. The van der Waals surface area contributed by atoms with Gasteiger partial charge in [0.05, 0.1) is 22.3 Å². The van der Waals surface area contributed by atoms with Crippen LogP contribution in [0.3, 0.4) is 0 Å². The first kappa shape index (κ1) is 19.4. The number of hydrogen-bond acceptors (Lipinski definition) is 4.